The fourth-order valence-electron chi connectivity index (χ4n) is 2.67. The zero-order valence-corrected chi connectivity index (χ0v) is 11.7. The number of para-hydroxylation sites is 1. The Morgan fingerprint density at radius 3 is 2.79 bits per heavy atom. The van der Waals surface area contributed by atoms with Gasteiger partial charge in [-0.1, -0.05) is 18.2 Å². The Balaban J connectivity index is 2.28. The number of fused-ring (bicyclic) bond motifs is 1. The summed E-state index contributed by atoms with van der Waals surface area (Å²) in [5, 5.41) is 2.66. The Morgan fingerprint density at radius 1 is 1.37 bits per heavy atom. The molecule has 0 aromatic heterocycles. The molecule has 1 unspecified atom stereocenters. The van der Waals surface area contributed by atoms with Gasteiger partial charge in [-0.3, -0.25) is 9.59 Å². The predicted molar refractivity (Wildman–Crippen MR) is 75.1 cm³/mol. The molecule has 1 heterocycles. The van der Waals surface area contributed by atoms with Crippen molar-refractivity contribution >= 4 is 17.5 Å². The fraction of sp³-hybridized carbons (Fsp3) is 0.467. The molecular formula is C15H20N2O2. The highest BCUT2D eigenvalue weighted by atomic mass is 16.2. The molecule has 0 bridgehead atoms. The average Bonchev–Trinajstić information content (AvgIpc) is 2.36. The maximum absolute atomic E-state index is 12.5. The van der Waals surface area contributed by atoms with Crippen LogP contribution in [0.3, 0.4) is 0 Å². The molecule has 0 saturated carbocycles. The molecule has 1 atom stereocenters. The molecule has 4 heteroatoms. The lowest BCUT2D eigenvalue weighted by atomic mass is 9.97. The van der Waals surface area contributed by atoms with Gasteiger partial charge in [0.25, 0.3) is 0 Å². The standard InChI is InChI=1S/C15H20N2O2/c1-10-6-4-7-13-8-5-9-17(14(10)13)15(19)11(2)16-12(3)18/h4,6-7,11H,5,8-9H2,1-3H3,(H,16,18). The lowest BCUT2D eigenvalue weighted by Crippen LogP contribution is -2.48. The predicted octanol–water partition coefficient (Wildman–Crippen LogP) is 1.80. The molecule has 1 aliphatic rings. The Kier molecular flexibility index (Phi) is 3.88. The molecule has 102 valence electrons. The number of aryl methyl sites for hydroxylation is 2. The van der Waals surface area contributed by atoms with E-state index in [0.717, 1.165) is 30.6 Å². The summed E-state index contributed by atoms with van der Waals surface area (Å²) in [6.45, 7) is 5.91. The van der Waals surface area contributed by atoms with E-state index in [4.69, 9.17) is 0 Å². The number of rotatable bonds is 2. The minimum atomic E-state index is -0.483. The summed E-state index contributed by atoms with van der Waals surface area (Å²) in [4.78, 5) is 25.3. The van der Waals surface area contributed by atoms with Gasteiger partial charge >= 0.3 is 0 Å². The van der Waals surface area contributed by atoms with Gasteiger partial charge in [-0.2, -0.15) is 0 Å². The number of carbonyl (C=O) groups excluding carboxylic acids is 2. The van der Waals surface area contributed by atoms with E-state index in [1.54, 1.807) is 6.92 Å². The maximum Gasteiger partial charge on any atom is 0.249 e. The van der Waals surface area contributed by atoms with Crippen LogP contribution in [-0.2, 0) is 16.0 Å². The molecule has 0 spiro atoms. The molecule has 0 radical (unpaired) electrons. The Labute approximate surface area is 113 Å². The summed E-state index contributed by atoms with van der Waals surface area (Å²) in [5.41, 5.74) is 3.35. The number of hydrogen-bond acceptors (Lipinski definition) is 2. The summed E-state index contributed by atoms with van der Waals surface area (Å²) in [6.07, 6.45) is 1.98. The highest BCUT2D eigenvalue weighted by Gasteiger charge is 2.27. The van der Waals surface area contributed by atoms with Gasteiger partial charge in [0.1, 0.15) is 6.04 Å². The lowest BCUT2D eigenvalue weighted by molar-refractivity contribution is -0.126. The van der Waals surface area contributed by atoms with Crippen LogP contribution in [0.15, 0.2) is 18.2 Å². The third-order valence-corrected chi connectivity index (χ3v) is 3.48. The molecule has 0 aliphatic carbocycles. The fourth-order valence-corrected chi connectivity index (χ4v) is 2.67. The first-order chi connectivity index (χ1) is 9.00. The Hall–Kier alpha value is -1.84. The third-order valence-electron chi connectivity index (χ3n) is 3.48. The van der Waals surface area contributed by atoms with Gasteiger partial charge in [0.2, 0.25) is 11.8 Å². The summed E-state index contributed by atoms with van der Waals surface area (Å²) in [7, 11) is 0. The first-order valence-electron chi connectivity index (χ1n) is 6.67. The second kappa shape index (κ2) is 5.43. The van der Waals surface area contributed by atoms with E-state index in [9.17, 15) is 9.59 Å². The number of amides is 2. The summed E-state index contributed by atoms with van der Waals surface area (Å²) < 4.78 is 0. The van der Waals surface area contributed by atoms with E-state index in [1.807, 2.05) is 24.0 Å². The minimum Gasteiger partial charge on any atom is -0.345 e. The summed E-state index contributed by atoms with van der Waals surface area (Å²) in [6, 6.07) is 5.64. The topological polar surface area (TPSA) is 49.4 Å². The van der Waals surface area contributed by atoms with Crippen molar-refractivity contribution in [3.63, 3.8) is 0 Å². The summed E-state index contributed by atoms with van der Waals surface area (Å²) in [5.74, 6) is -0.215. The minimum absolute atomic E-state index is 0.0366. The van der Waals surface area contributed by atoms with Crippen molar-refractivity contribution in [3.05, 3.63) is 29.3 Å². The number of benzene rings is 1. The first-order valence-corrected chi connectivity index (χ1v) is 6.67. The van der Waals surface area contributed by atoms with E-state index < -0.39 is 6.04 Å². The molecule has 4 nitrogen and oxygen atoms in total. The number of nitrogens with one attached hydrogen (secondary N) is 1. The summed E-state index contributed by atoms with van der Waals surface area (Å²) >= 11 is 0. The monoisotopic (exact) mass is 260 g/mol. The van der Waals surface area contributed by atoms with Crippen LogP contribution in [0.4, 0.5) is 5.69 Å². The molecular weight excluding hydrogens is 240 g/mol. The van der Waals surface area contributed by atoms with Gasteiger partial charge in [0, 0.05) is 19.2 Å². The smallest absolute Gasteiger partial charge is 0.249 e. The highest BCUT2D eigenvalue weighted by molar-refractivity contribution is 6.00. The quantitative estimate of drug-likeness (QED) is 0.881. The van der Waals surface area contributed by atoms with Gasteiger partial charge < -0.3 is 10.2 Å². The molecule has 1 aromatic carbocycles. The molecule has 1 aliphatic heterocycles. The second-order valence-electron chi connectivity index (χ2n) is 5.10. The zero-order valence-electron chi connectivity index (χ0n) is 11.7. The largest absolute Gasteiger partial charge is 0.345 e. The van der Waals surface area contributed by atoms with Crippen molar-refractivity contribution < 1.29 is 9.59 Å². The highest BCUT2D eigenvalue weighted by Crippen LogP contribution is 2.30. The number of anilines is 1. The molecule has 0 saturated heterocycles. The molecule has 1 aromatic rings. The average molecular weight is 260 g/mol. The maximum atomic E-state index is 12.5. The van der Waals surface area contributed by atoms with Crippen molar-refractivity contribution in [2.75, 3.05) is 11.4 Å². The van der Waals surface area contributed by atoms with Crippen LogP contribution in [-0.4, -0.2) is 24.4 Å². The molecule has 19 heavy (non-hydrogen) atoms. The van der Waals surface area contributed by atoms with E-state index >= 15 is 0 Å². The van der Waals surface area contributed by atoms with Crippen molar-refractivity contribution in [1.29, 1.82) is 0 Å². The molecule has 0 fully saturated rings. The van der Waals surface area contributed by atoms with Crippen molar-refractivity contribution in [2.45, 2.75) is 39.7 Å². The number of hydrogen-bond donors (Lipinski definition) is 1. The molecule has 1 N–H and O–H groups in total. The number of carbonyl (C=O) groups is 2. The lowest BCUT2D eigenvalue weighted by Gasteiger charge is -2.33. The van der Waals surface area contributed by atoms with Crippen LogP contribution < -0.4 is 10.2 Å². The van der Waals surface area contributed by atoms with E-state index in [-0.39, 0.29) is 11.8 Å². The Morgan fingerprint density at radius 2 is 2.11 bits per heavy atom. The van der Waals surface area contributed by atoms with Gasteiger partial charge in [-0.25, -0.2) is 0 Å². The van der Waals surface area contributed by atoms with Crippen LogP contribution >= 0.6 is 0 Å². The number of nitrogens with zero attached hydrogens (tertiary/aromatic N) is 1. The SMILES string of the molecule is CC(=O)NC(C)C(=O)N1CCCc2cccc(C)c21. The van der Waals surface area contributed by atoms with Crippen LogP contribution in [0.2, 0.25) is 0 Å². The van der Waals surface area contributed by atoms with E-state index in [1.165, 1.54) is 12.5 Å². The second-order valence-corrected chi connectivity index (χ2v) is 5.10. The molecule has 2 amide bonds. The van der Waals surface area contributed by atoms with Crippen molar-refractivity contribution in [1.82, 2.24) is 5.32 Å². The van der Waals surface area contributed by atoms with Gasteiger partial charge in [0.05, 0.1) is 0 Å². The Bertz CT molecular complexity index is 511. The molecule has 2 rings (SSSR count). The van der Waals surface area contributed by atoms with Crippen LogP contribution in [0.25, 0.3) is 0 Å². The van der Waals surface area contributed by atoms with Crippen molar-refractivity contribution in [3.8, 4) is 0 Å². The normalized spacial score (nSPS) is 15.6. The van der Waals surface area contributed by atoms with E-state index in [0.29, 0.717) is 0 Å². The van der Waals surface area contributed by atoms with Crippen LogP contribution in [0.1, 0.15) is 31.4 Å². The van der Waals surface area contributed by atoms with Gasteiger partial charge in [0.15, 0.2) is 0 Å². The van der Waals surface area contributed by atoms with Crippen LogP contribution in [0, 0.1) is 6.92 Å². The first kappa shape index (κ1) is 13.6. The van der Waals surface area contributed by atoms with Gasteiger partial charge in [-0.05, 0) is 37.8 Å². The third kappa shape index (κ3) is 2.78. The zero-order chi connectivity index (χ0) is 14.0. The van der Waals surface area contributed by atoms with Gasteiger partial charge in [-0.15, -0.1) is 0 Å². The van der Waals surface area contributed by atoms with Crippen molar-refractivity contribution in [2.24, 2.45) is 0 Å². The van der Waals surface area contributed by atoms with Crippen LogP contribution in [0.5, 0.6) is 0 Å². The van der Waals surface area contributed by atoms with E-state index in [2.05, 4.69) is 11.4 Å².